The van der Waals surface area contributed by atoms with Crippen LogP contribution in [0.5, 0.6) is 0 Å². The monoisotopic (exact) mass is 664 g/mol. The van der Waals surface area contributed by atoms with Gasteiger partial charge in [-0.05, 0) is 53.9 Å². The van der Waals surface area contributed by atoms with Gasteiger partial charge in [-0.2, -0.15) is 0 Å². The molecule has 260 valence electrons. The Hall–Kier alpha value is -4.40. The number of hydrogen-bond acceptors (Lipinski definition) is 7. The first-order chi connectivity index (χ1) is 23.0. The van der Waals surface area contributed by atoms with Gasteiger partial charge in [-0.15, -0.1) is 0 Å². The highest BCUT2D eigenvalue weighted by atomic mass is 16.4. The maximum absolute atomic E-state index is 14.5. The van der Waals surface area contributed by atoms with Crippen LogP contribution in [0.25, 0.3) is 0 Å². The Morgan fingerprint density at radius 2 is 1.49 bits per heavy atom. The molecule has 2 aliphatic heterocycles. The zero-order valence-electron chi connectivity index (χ0n) is 30.1. The highest BCUT2D eigenvalue weighted by molar-refractivity contribution is 6.10. The number of hydrogen-bond donors (Lipinski definition) is 1. The van der Waals surface area contributed by atoms with Crippen LogP contribution in [-0.4, -0.2) is 43.4 Å². The van der Waals surface area contributed by atoms with Crippen LogP contribution in [0.3, 0.4) is 0 Å². The van der Waals surface area contributed by atoms with E-state index in [0.717, 1.165) is 53.8 Å². The number of carboxylic acids is 1. The van der Waals surface area contributed by atoms with Crippen molar-refractivity contribution in [2.45, 2.75) is 117 Å². The van der Waals surface area contributed by atoms with E-state index in [0.29, 0.717) is 30.9 Å². The van der Waals surface area contributed by atoms with Crippen molar-refractivity contribution in [2.75, 3.05) is 0 Å². The lowest BCUT2D eigenvalue weighted by molar-refractivity contribution is -0.316. The second-order valence-corrected chi connectivity index (χ2v) is 16.0. The molecule has 2 aromatic carbocycles. The largest absolute Gasteiger partial charge is 0.550 e. The van der Waals surface area contributed by atoms with Gasteiger partial charge in [-0.3, -0.25) is 29.9 Å². The molecule has 49 heavy (non-hydrogen) atoms. The number of likely N-dealkylation sites (tertiary alicyclic amines) is 1. The maximum Gasteiger partial charge on any atom is 0.254 e. The summed E-state index contributed by atoms with van der Waals surface area (Å²) in [4.78, 5) is 50.7. The molecule has 9 nitrogen and oxygen atoms in total. The quantitative estimate of drug-likeness (QED) is 0.343. The fourth-order valence-corrected chi connectivity index (χ4v) is 7.29. The van der Waals surface area contributed by atoms with Crippen molar-refractivity contribution in [3.63, 3.8) is 0 Å². The molecule has 1 saturated carbocycles. The number of aliphatic carboxylic acids is 1. The molecular weight excluding hydrogens is 614 g/mol. The van der Waals surface area contributed by atoms with Crippen LogP contribution >= 0.6 is 0 Å². The van der Waals surface area contributed by atoms with E-state index in [-0.39, 0.29) is 29.7 Å². The van der Waals surface area contributed by atoms with Crippen LogP contribution in [0.4, 0.5) is 0 Å². The van der Waals surface area contributed by atoms with Gasteiger partial charge in [0, 0.05) is 35.8 Å². The third-order valence-electron chi connectivity index (χ3n) is 10.2. The van der Waals surface area contributed by atoms with E-state index in [1.165, 1.54) is 12.0 Å². The first-order valence-electron chi connectivity index (χ1n) is 17.4. The summed E-state index contributed by atoms with van der Waals surface area (Å²) in [5.74, 6) is -0.437. The first-order valence-corrected chi connectivity index (χ1v) is 17.4. The molecule has 0 bridgehead atoms. The normalized spacial score (nSPS) is 19.8. The average Bonchev–Trinajstić information content (AvgIpc) is 3.60. The van der Waals surface area contributed by atoms with Crippen molar-refractivity contribution in [3.8, 4) is 0 Å². The smallest absolute Gasteiger partial charge is 0.254 e. The Kier molecular flexibility index (Phi) is 10.1. The van der Waals surface area contributed by atoms with Crippen molar-refractivity contribution in [2.24, 2.45) is 11.3 Å². The number of nitrogens with one attached hydrogen (secondary N) is 1. The minimum atomic E-state index is -1.01. The summed E-state index contributed by atoms with van der Waals surface area (Å²) in [6, 6.07) is 14.4. The average molecular weight is 665 g/mol. The van der Waals surface area contributed by atoms with E-state index >= 15 is 0 Å². The molecule has 0 spiro atoms. The number of amides is 2. The number of carboxylic acid groups (broad SMARTS) is 1. The molecule has 3 aromatic rings. The van der Waals surface area contributed by atoms with Gasteiger partial charge in [-0.25, -0.2) is 0 Å². The third kappa shape index (κ3) is 7.46. The summed E-state index contributed by atoms with van der Waals surface area (Å²) < 4.78 is 0. The number of amidine groups is 1. The minimum Gasteiger partial charge on any atom is -0.550 e. The maximum atomic E-state index is 14.5. The zero-order chi connectivity index (χ0) is 35.7. The van der Waals surface area contributed by atoms with Gasteiger partial charge >= 0.3 is 0 Å². The Morgan fingerprint density at radius 3 is 2.02 bits per heavy atom. The summed E-state index contributed by atoms with van der Waals surface area (Å²) in [6.07, 6.45) is 9.26. The summed E-state index contributed by atoms with van der Waals surface area (Å²) >= 11 is 0. The molecule has 1 aromatic heterocycles. The van der Waals surface area contributed by atoms with E-state index in [9.17, 15) is 19.5 Å². The van der Waals surface area contributed by atoms with Gasteiger partial charge in [0.25, 0.3) is 5.91 Å². The van der Waals surface area contributed by atoms with Crippen molar-refractivity contribution in [3.05, 3.63) is 94.1 Å². The molecule has 6 rings (SSSR count). The number of carbonyl (C=O) groups is 3. The Morgan fingerprint density at radius 1 is 0.918 bits per heavy atom. The summed E-state index contributed by atoms with van der Waals surface area (Å²) in [5, 5.41) is 19.0. The van der Waals surface area contributed by atoms with Gasteiger partial charge < -0.3 is 14.8 Å². The van der Waals surface area contributed by atoms with Crippen LogP contribution in [0.1, 0.15) is 124 Å². The highest BCUT2D eigenvalue weighted by Crippen LogP contribution is 2.49. The van der Waals surface area contributed by atoms with Crippen molar-refractivity contribution >= 4 is 23.6 Å². The molecule has 1 aliphatic carbocycles. The standard InChI is InChI=1S/C35H41N5O2.C5H10O2/c1-23-10-13-26(14-11-23)35(25-8-6-5-7-9-25)19-31(36)40(33(35)42)20-24-12-15-28(34(2,3)4)27(18-24)32(41)39-21-29-30(22-39)38-17-16-37-29;1-5(2,3)4(6)7/h10-18,25,36H,5-9,19-22H2,1-4H3;1-3H3,(H,6,7)/p-1. The van der Waals surface area contributed by atoms with Crippen LogP contribution in [0.2, 0.25) is 0 Å². The fraction of sp³-hybridized carbons (Fsp3) is 0.500. The van der Waals surface area contributed by atoms with E-state index in [1.807, 2.05) is 18.2 Å². The Balaban J connectivity index is 0.000000606. The number of aryl methyl sites for hydroxylation is 1. The summed E-state index contributed by atoms with van der Waals surface area (Å²) in [7, 11) is 0. The molecule has 9 heteroatoms. The zero-order valence-corrected chi connectivity index (χ0v) is 30.1. The molecule has 3 heterocycles. The Bertz CT molecular complexity index is 1710. The van der Waals surface area contributed by atoms with Crippen molar-refractivity contribution < 1.29 is 19.5 Å². The fourth-order valence-electron chi connectivity index (χ4n) is 7.29. The Labute approximate surface area is 290 Å². The van der Waals surface area contributed by atoms with Gasteiger partial charge in [0.05, 0.1) is 36.4 Å². The van der Waals surface area contributed by atoms with E-state index < -0.39 is 16.8 Å². The molecule has 1 unspecified atom stereocenters. The minimum absolute atomic E-state index is 0.0307. The van der Waals surface area contributed by atoms with E-state index in [4.69, 9.17) is 5.41 Å². The van der Waals surface area contributed by atoms with Crippen LogP contribution in [0.15, 0.2) is 54.9 Å². The molecule has 1 N–H and O–H groups in total. The predicted molar refractivity (Wildman–Crippen MR) is 188 cm³/mol. The number of carbonyl (C=O) groups excluding carboxylic acids is 3. The molecular formula is C40H50N5O4-. The summed E-state index contributed by atoms with van der Waals surface area (Å²) in [6.45, 7) is 14.4. The molecule has 2 fully saturated rings. The van der Waals surface area contributed by atoms with Crippen LogP contribution in [0, 0.1) is 23.7 Å². The topological polar surface area (TPSA) is 130 Å². The van der Waals surface area contributed by atoms with E-state index in [1.54, 1.807) is 43.0 Å². The molecule has 0 radical (unpaired) electrons. The third-order valence-corrected chi connectivity index (χ3v) is 10.2. The highest BCUT2D eigenvalue weighted by Gasteiger charge is 2.55. The van der Waals surface area contributed by atoms with Gasteiger partial charge in [-0.1, -0.05) is 103 Å². The van der Waals surface area contributed by atoms with Crippen molar-refractivity contribution in [1.29, 1.82) is 5.41 Å². The lowest BCUT2D eigenvalue weighted by Crippen LogP contribution is -2.44. The molecule has 1 atom stereocenters. The lowest BCUT2D eigenvalue weighted by Gasteiger charge is -2.38. The SMILES string of the molecule is CC(C)(C)C(=O)[O-].Cc1ccc(C2(C3CCCCC3)CC(=N)N(Cc3ccc(C(C)(C)C)c(C(=O)N4Cc5nccnc5C4)c3)C2=O)cc1. The van der Waals surface area contributed by atoms with Crippen LogP contribution < -0.4 is 5.11 Å². The number of nitrogens with zero attached hydrogens (tertiary/aromatic N) is 4. The predicted octanol–water partition coefficient (Wildman–Crippen LogP) is 6.25. The molecule has 3 aliphatic rings. The second-order valence-electron chi connectivity index (χ2n) is 16.0. The molecule has 2 amide bonds. The van der Waals surface area contributed by atoms with E-state index in [2.05, 4.69) is 61.9 Å². The number of aromatic nitrogens is 2. The van der Waals surface area contributed by atoms with Gasteiger partial charge in [0.1, 0.15) is 5.84 Å². The molecule has 1 saturated heterocycles. The number of rotatable bonds is 5. The van der Waals surface area contributed by atoms with Crippen LogP contribution in [-0.2, 0) is 40.1 Å². The first kappa shape index (κ1) is 35.9. The summed E-state index contributed by atoms with van der Waals surface area (Å²) in [5.41, 5.74) is 4.71. The lowest BCUT2D eigenvalue weighted by atomic mass is 9.64. The number of benzene rings is 2. The van der Waals surface area contributed by atoms with Crippen molar-refractivity contribution in [1.82, 2.24) is 19.8 Å². The number of fused-ring (bicyclic) bond motifs is 1. The second kappa shape index (κ2) is 13.8. The van der Waals surface area contributed by atoms with Gasteiger partial charge in [0.15, 0.2) is 0 Å². The van der Waals surface area contributed by atoms with Gasteiger partial charge in [0.2, 0.25) is 5.91 Å².